The monoisotopic (exact) mass is 420 g/mol. The van der Waals surface area contributed by atoms with Crippen molar-refractivity contribution in [2.75, 3.05) is 19.1 Å². The minimum atomic E-state index is -0.618. The van der Waals surface area contributed by atoms with Crippen LogP contribution in [0.2, 0.25) is 5.02 Å². The third kappa shape index (κ3) is 3.54. The molecule has 1 heterocycles. The molecular weight excluding hydrogens is 408 g/mol. The number of benzene rings is 2. The lowest BCUT2D eigenvalue weighted by Gasteiger charge is -2.13. The number of ether oxygens (including phenoxy) is 2. The predicted molar refractivity (Wildman–Crippen MR) is 106 cm³/mol. The van der Waals surface area contributed by atoms with Crippen LogP contribution in [0.4, 0.5) is 16.2 Å². The first kappa shape index (κ1) is 19.7. The molecule has 1 fully saturated rings. The second kappa shape index (κ2) is 7.91. The Kier molecular flexibility index (Phi) is 5.57. The van der Waals surface area contributed by atoms with Gasteiger partial charge in [0.1, 0.15) is 0 Å². The van der Waals surface area contributed by atoms with Crippen molar-refractivity contribution in [1.82, 2.24) is 0 Å². The van der Waals surface area contributed by atoms with Gasteiger partial charge in [-0.2, -0.15) is 0 Å². The van der Waals surface area contributed by atoms with Crippen molar-refractivity contribution >= 4 is 52.0 Å². The molecule has 3 rings (SSSR count). The third-order valence-corrected chi connectivity index (χ3v) is 5.09. The Bertz CT molecular complexity index is 1020. The van der Waals surface area contributed by atoms with E-state index < -0.39 is 16.1 Å². The quantitative estimate of drug-likeness (QED) is 0.398. The summed E-state index contributed by atoms with van der Waals surface area (Å²) < 4.78 is 10.2. The zero-order chi connectivity index (χ0) is 20.4. The summed E-state index contributed by atoms with van der Waals surface area (Å²) in [5.74, 6) is -0.188. The average Bonchev–Trinajstić information content (AvgIpc) is 2.95. The van der Waals surface area contributed by atoms with Gasteiger partial charge >= 0.3 is 0 Å². The number of thioether (sulfide) groups is 1. The second-order valence-electron chi connectivity index (χ2n) is 5.49. The molecule has 10 heteroatoms. The van der Waals surface area contributed by atoms with E-state index in [0.29, 0.717) is 11.8 Å². The summed E-state index contributed by atoms with van der Waals surface area (Å²) in [5, 5.41) is 11.1. The molecule has 1 aliphatic heterocycles. The molecule has 0 bridgehead atoms. The molecule has 0 atom stereocenters. The van der Waals surface area contributed by atoms with Crippen LogP contribution in [0.1, 0.15) is 5.56 Å². The van der Waals surface area contributed by atoms with Gasteiger partial charge in [-0.25, -0.2) is 4.90 Å². The van der Waals surface area contributed by atoms with Crippen LogP contribution in [-0.4, -0.2) is 30.3 Å². The first-order valence-electron chi connectivity index (χ1n) is 7.80. The largest absolute Gasteiger partial charge is 0.493 e. The van der Waals surface area contributed by atoms with Crippen LogP contribution in [0.5, 0.6) is 11.5 Å². The fourth-order valence-electron chi connectivity index (χ4n) is 2.61. The lowest BCUT2D eigenvalue weighted by atomic mass is 10.1. The summed E-state index contributed by atoms with van der Waals surface area (Å²) in [5.41, 5.74) is 0.0615. The van der Waals surface area contributed by atoms with Gasteiger partial charge in [-0.3, -0.25) is 19.7 Å². The molecule has 0 aromatic heterocycles. The molecule has 2 amide bonds. The number of hydrogen-bond acceptors (Lipinski definition) is 7. The van der Waals surface area contributed by atoms with Crippen LogP contribution < -0.4 is 14.4 Å². The van der Waals surface area contributed by atoms with E-state index in [4.69, 9.17) is 21.1 Å². The van der Waals surface area contributed by atoms with Gasteiger partial charge in [0.05, 0.1) is 46.4 Å². The van der Waals surface area contributed by atoms with Crippen LogP contribution >= 0.6 is 23.4 Å². The van der Waals surface area contributed by atoms with Gasteiger partial charge in [-0.15, -0.1) is 0 Å². The van der Waals surface area contributed by atoms with Crippen LogP contribution in [0.3, 0.4) is 0 Å². The van der Waals surface area contributed by atoms with E-state index >= 15 is 0 Å². The maximum absolute atomic E-state index is 12.8. The van der Waals surface area contributed by atoms with Crippen molar-refractivity contribution in [2.45, 2.75) is 0 Å². The summed E-state index contributed by atoms with van der Waals surface area (Å²) >= 11 is 6.76. The summed E-state index contributed by atoms with van der Waals surface area (Å²) in [6.07, 6.45) is 1.28. The highest BCUT2D eigenvalue weighted by Crippen LogP contribution is 2.41. The topological polar surface area (TPSA) is 99.0 Å². The number of halogens is 1. The summed E-state index contributed by atoms with van der Waals surface area (Å²) in [7, 11) is 2.74. The molecule has 2 aromatic rings. The van der Waals surface area contributed by atoms with Gasteiger partial charge in [0.2, 0.25) is 0 Å². The van der Waals surface area contributed by atoms with Crippen molar-refractivity contribution in [2.24, 2.45) is 0 Å². The maximum atomic E-state index is 12.8. The molecule has 1 aliphatic rings. The Labute approximate surface area is 168 Å². The summed E-state index contributed by atoms with van der Waals surface area (Å²) in [6, 6.07) is 8.99. The molecular formula is C18H13ClN2O6S. The highest BCUT2D eigenvalue weighted by Gasteiger charge is 2.37. The number of carbonyl (C=O) groups excluding carboxylic acids is 2. The van der Waals surface area contributed by atoms with Gasteiger partial charge in [0, 0.05) is 0 Å². The minimum absolute atomic E-state index is 0.0280. The number of para-hydroxylation sites is 1. The number of rotatable bonds is 5. The molecule has 0 spiro atoms. The summed E-state index contributed by atoms with van der Waals surface area (Å²) in [4.78, 5) is 36.9. The number of anilines is 1. The molecule has 28 heavy (non-hydrogen) atoms. The van der Waals surface area contributed by atoms with Gasteiger partial charge in [0.15, 0.2) is 11.5 Å². The van der Waals surface area contributed by atoms with E-state index in [1.165, 1.54) is 32.4 Å². The SMILES string of the molecule is COc1cc(/C=C2\SC(=O)N(c3ccccc3Cl)C2=O)c([N+](=O)[O-])cc1OC. The Morgan fingerprint density at radius 1 is 1.14 bits per heavy atom. The second-order valence-corrected chi connectivity index (χ2v) is 6.89. The fourth-order valence-corrected chi connectivity index (χ4v) is 3.65. The molecule has 144 valence electrons. The van der Waals surface area contributed by atoms with Gasteiger partial charge in [0.25, 0.3) is 16.8 Å². The predicted octanol–water partition coefficient (Wildman–Crippen LogP) is 4.51. The highest BCUT2D eigenvalue weighted by molar-refractivity contribution is 8.19. The first-order valence-corrected chi connectivity index (χ1v) is 8.99. The molecule has 0 N–H and O–H groups in total. The zero-order valence-corrected chi connectivity index (χ0v) is 16.2. The number of methoxy groups -OCH3 is 2. The van der Waals surface area contributed by atoms with Crippen LogP contribution in [0.15, 0.2) is 41.3 Å². The Morgan fingerprint density at radius 3 is 2.39 bits per heavy atom. The van der Waals surface area contributed by atoms with E-state index in [2.05, 4.69) is 0 Å². The van der Waals surface area contributed by atoms with Gasteiger partial charge in [-0.1, -0.05) is 23.7 Å². The minimum Gasteiger partial charge on any atom is -0.493 e. The Hall–Kier alpha value is -3.04. The van der Waals surface area contributed by atoms with Crippen LogP contribution in [0.25, 0.3) is 6.08 Å². The number of amides is 2. The number of imide groups is 1. The smallest absolute Gasteiger partial charge is 0.298 e. The number of carbonyl (C=O) groups is 2. The molecule has 1 saturated heterocycles. The lowest BCUT2D eigenvalue weighted by Crippen LogP contribution is -2.27. The number of nitro groups is 1. The van der Waals surface area contributed by atoms with Crippen molar-refractivity contribution in [1.29, 1.82) is 0 Å². The third-order valence-electron chi connectivity index (χ3n) is 3.90. The number of nitro benzene ring substituents is 1. The number of nitrogens with zero attached hydrogens (tertiary/aromatic N) is 2. The van der Waals surface area contributed by atoms with Gasteiger partial charge < -0.3 is 9.47 Å². The molecule has 0 aliphatic carbocycles. The molecule has 8 nitrogen and oxygen atoms in total. The maximum Gasteiger partial charge on any atom is 0.298 e. The molecule has 0 radical (unpaired) electrons. The standard InChI is InChI=1S/C18H13ClN2O6S/c1-26-14-7-10(13(21(24)25)9-15(14)27-2)8-16-17(22)20(18(23)28-16)12-6-4-3-5-11(12)19/h3-9H,1-2H3/b16-8-. The molecule has 0 saturated carbocycles. The van der Waals surface area contributed by atoms with Crippen molar-refractivity contribution in [3.8, 4) is 11.5 Å². The average molecular weight is 421 g/mol. The summed E-state index contributed by atoms with van der Waals surface area (Å²) in [6.45, 7) is 0. The van der Waals surface area contributed by atoms with Crippen molar-refractivity contribution < 1.29 is 24.0 Å². The van der Waals surface area contributed by atoms with Crippen molar-refractivity contribution in [3.05, 3.63) is 62.0 Å². The van der Waals surface area contributed by atoms with Crippen LogP contribution in [-0.2, 0) is 4.79 Å². The van der Waals surface area contributed by atoms with E-state index in [9.17, 15) is 19.7 Å². The van der Waals surface area contributed by atoms with E-state index in [0.717, 1.165) is 4.90 Å². The lowest BCUT2D eigenvalue weighted by molar-refractivity contribution is -0.385. The van der Waals surface area contributed by atoms with E-state index in [1.807, 2.05) is 0 Å². The molecule has 2 aromatic carbocycles. The van der Waals surface area contributed by atoms with Crippen LogP contribution in [0, 0.1) is 10.1 Å². The Balaban J connectivity index is 2.07. The van der Waals surface area contributed by atoms with Crippen molar-refractivity contribution in [3.63, 3.8) is 0 Å². The zero-order valence-electron chi connectivity index (χ0n) is 14.7. The fraction of sp³-hybridized carbons (Fsp3) is 0.111. The number of hydrogen-bond donors (Lipinski definition) is 0. The Morgan fingerprint density at radius 2 is 1.79 bits per heavy atom. The molecule has 0 unspecified atom stereocenters. The van der Waals surface area contributed by atoms with E-state index in [1.54, 1.807) is 24.3 Å². The highest BCUT2D eigenvalue weighted by atomic mass is 35.5. The van der Waals surface area contributed by atoms with Gasteiger partial charge in [-0.05, 0) is 36.0 Å². The van der Waals surface area contributed by atoms with E-state index in [-0.39, 0.29) is 38.4 Å². The first-order chi connectivity index (χ1) is 13.4. The normalized spacial score (nSPS) is 15.2.